The molecular formula is C11H17N3O2. The molecule has 0 saturated heterocycles. The quantitative estimate of drug-likeness (QED) is 0.785. The van der Waals surface area contributed by atoms with E-state index in [1.165, 1.54) is 6.33 Å². The Bertz CT molecular complexity index is 364. The van der Waals surface area contributed by atoms with E-state index in [2.05, 4.69) is 15.3 Å². The van der Waals surface area contributed by atoms with Crippen LogP contribution in [0.1, 0.15) is 26.7 Å². The molecule has 0 spiro atoms. The fourth-order valence-corrected chi connectivity index (χ4v) is 1.46. The van der Waals surface area contributed by atoms with E-state index >= 15 is 0 Å². The van der Waals surface area contributed by atoms with Gasteiger partial charge in [-0.1, -0.05) is 0 Å². The monoisotopic (exact) mass is 223 g/mol. The summed E-state index contributed by atoms with van der Waals surface area (Å²) in [4.78, 5) is 8.13. The zero-order valence-electron chi connectivity index (χ0n) is 9.60. The van der Waals surface area contributed by atoms with Crippen molar-refractivity contribution in [1.29, 1.82) is 0 Å². The maximum absolute atomic E-state index is 9.20. The molecule has 5 nitrogen and oxygen atoms in total. The van der Waals surface area contributed by atoms with Crippen molar-refractivity contribution < 1.29 is 9.84 Å². The van der Waals surface area contributed by atoms with Crippen LogP contribution in [0.15, 0.2) is 12.4 Å². The van der Waals surface area contributed by atoms with Crippen molar-refractivity contribution in [3.05, 3.63) is 12.4 Å². The highest BCUT2D eigenvalue weighted by Crippen LogP contribution is 2.38. The van der Waals surface area contributed by atoms with Crippen LogP contribution < -0.4 is 10.1 Å². The Hall–Kier alpha value is -1.36. The Kier molecular flexibility index (Phi) is 2.96. The number of aromatic nitrogens is 2. The molecule has 1 fully saturated rings. The second-order valence-corrected chi connectivity index (χ2v) is 4.47. The van der Waals surface area contributed by atoms with Gasteiger partial charge in [0, 0.05) is 6.07 Å². The molecule has 1 aliphatic rings. The molecule has 5 heteroatoms. The van der Waals surface area contributed by atoms with E-state index in [-0.39, 0.29) is 18.2 Å². The summed E-state index contributed by atoms with van der Waals surface area (Å²) in [5.41, 5.74) is -0.163. The summed E-state index contributed by atoms with van der Waals surface area (Å²) in [6.45, 7) is 4.04. The Morgan fingerprint density at radius 3 is 2.81 bits per heavy atom. The SMILES string of the molecule is CC(C)Oc1cc(NC2(CO)CC2)ncn1. The number of anilines is 1. The summed E-state index contributed by atoms with van der Waals surface area (Å²) in [6.07, 6.45) is 3.52. The van der Waals surface area contributed by atoms with E-state index < -0.39 is 0 Å². The first-order valence-electron chi connectivity index (χ1n) is 5.51. The van der Waals surface area contributed by atoms with E-state index in [1.807, 2.05) is 13.8 Å². The molecular weight excluding hydrogens is 206 g/mol. The molecule has 0 radical (unpaired) electrons. The maximum atomic E-state index is 9.20. The van der Waals surface area contributed by atoms with Gasteiger partial charge in [-0.05, 0) is 26.7 Å². The second-order valence-electron chi connectivity index (χ2n) is 4.47. The van der Waals surface area contributed by atoms with Gasteiger partial charge in [-0.3, -0.25) is 0 Å². The van der Waals surface area contributed by atoms with Crippen LogP contribution in [-0.2, 0) is 0 Å². The second kappa shape index (κ2) is 4.25. The largest absolute Gasteiger partial charge is 0.475 e. The van der Waals surface area contributed by atoms with E-state index in [4.69, 9.17) is 4.74 Å². The molecule has 88 valence electrons. The Morgan fingerprint density at radius 1 is 1.50 bits per heavy atom. The van der Waals surface area contributed by atoms with Gasteiger partial charge < -0.3 is 15.2 Å². The number of hydrogen-bond acceptors (Lipinski definition) is 5. The molecule has 2 rings (SSSR count). The van der Waals surface area contributed by atoms with Gasteiger partial charge in [-0.25, -0.2) is 9.97 Å². The van der Waals surface area contributed by atoms with Crippen molar-refractivity contribution in [2.75, 3.05) is 11.9 Å². The first kappa shape index (κ1) is 11.1. The van der Waals surface area contributed by atoms with E-state index in [0.717, 1.165) is 12.8 Å². The number of hydrogen-bond donors (Lipinski definition) is 2. The van der Waals surface area contributed by atoms with Gasteiger partial charge in [-0.15, -0.1) is 0 Å². The van der Waals surface area contributed by atoms with Crippen molar-refractivity contribution in [2.24, 2.45) is 0 Å². The fraction of sp³-hybridized carbons (Fsp3) is 0.636. The average Bonchev–Trinajstić information content (AvgIpc) is 2.98. The maximum Gasteiger partial charge on any atom is 0.218 e. The normalized spacial score (nSPS) is 17.2. The third kappa shape index (κ3) is 2.61. The Morgan fingerprint density at radius 2 is 2.25 bits per heavy atom. The number of aliphatic hydroxyl groups excluding tert-OH is 1. The lowest BCUT2D eigenvalue weighted by Gasteiger charge is -2.15. The van der Waals surface area contributed by atoms with Crippen molar-refractivity contribution >= 4 is 5.82 Å². The molecule has 0 aliphatic heterocycles. The first-order valence-corrected chi connectivity index (χ1v) is 5.51. The van der Waals surface area contributed by atoms with Gasteiger partial charge in [0.15, 0.2) is 0 Å². The lowest BCUT2D eigenvalue weighted by Crippen LogP contribution is -2.26. The van der Waals surface area contributed by atoms with Crippen LogP contribution in [-0.4, -0.2) is 33.3 Å². The minimum absolute atomic E-state index is 0.0930. The summed E-state index contributed by atoms with van der Waals surface area (Å²) >= 11 is 0. The Labute approximate surface area is 94.9 Å². The lowest BCUT2D eigenvalue weighted by atomic mass is 10.3. The molecule has 0 bridgehead atoms. The molecule has 1 aliphatic carbocycles. The summed E-state index contributed by atoms with van der Waals surface area (Å²) in [6, 6.07) is 1.76. The molecule has 0 amide bonds. The van der Waals surface area contributed by atoms with Crippen LogP contribution in [0.25, 0.3) is 0 Å². The minimum Gasteiger partial charge on any atom is -0.475 e. The fourth-order valence-electron chi connectivity index (χ4n) is 1.46. The van der Waals surface area contributed by atoms with Crippen LogP contribution in [0.4, 0.5) is 5.82 Å². The van der Waals surface area contributed by atoms with Crippen molar-refractivity contribution in [1.82, 2.24) is 9.97 Å². The van der Waals surface area contributed by atoms with Crippen LogP contribution in [0, 0.1) is 0 Å². The van der Waals surface area contributed by atoms with Gasteiger partial charge >= 0.3 is 0 Å². The highest BCUT2D eigenvalue weighted by atomic mass is 16.5. The first-order chi connectivity index (χ1) is 7.63. The third-order valence-electron chi connectivity index (χ3n) is 2.55. The summed E-state index contributed by atoms with van der Waals surface area (Å²) in [5, 5.41) is 12.4. The van der Waals surface area contributed by atoms with Gasteiger partial charge in [-0.2, -0.15) is 0 Å². The van der Waals surface area contributed by atoms with Crippen LogP contribution >= 0.6 is 0 Å². The van der Waals surface area contributed by atoms with Crippen molar-refractivity contribution in [3.8, 4) is 5.88 Å². The summed E-state index contributed by atoms with van der Waals surface area (Å²) < 4.78 is 5.47. The van der Waals surface area contributed by atoms with E-state index in [0.29, 0.717) is 11.7 Å². The molecule has 0 unspecified atom stereocenters. The van der Waals surface area contributed by atoms with Crippen LogP contribution in [0.3, 0.4) is 0 Å². The van der Waals surface area contributed by atoms with Gasteiger partial charge in [0.1, 0.15) is 12.1 Å². The number of nitrogens with one attached hydrogen (secondary N) is 1. The van der Waals surface area contributed by atoms with Gasteiger partial charge in [0.05, 0.1) is 18.2 Å². The minimum atomic E-state index is -0.163. The van der Waals surface area contributed by atoms with Crippen LogP contribution in [0.2, 0.25) is 0 Å². The van der Waals surface area contributed by atoms with E-state index in [9.17, 15) is 5.11 Å². The van der Waals surface area contributed by atoms with E-state index in [1.54, 1.807) is 6.07 Å². The number of ether oxygens (including phenoxy) is 1. The number of aliphatic hydroxyl groups is 1. The molecule has 0 aromatic carbocycles. The number of rotatable bonds is 5. The molecule has 1 aromatic rings. The molecule has 1 saturated carbocycles. The molecule has 1 heterocycles. The standard InChI is InChI=1S/C11H17N3O2/c1-8(2)16-10-5-9(12-7-13-10)14-11(6-15)3-4-11/h5,7-8,15H,3-4,6H2,1-2H3,(H,12,13,14). The highest BCUT2D eigenvalue weighted by molar-refractivity contribution is 5.42. The molecule has 16 heavy (non-hydrogen) atoms. The van der Waals surface area contributed by atoms with Gasteiger partial charge in [0.2, 0.25) is 5.88 Å². The zero-order valence-corrected chi connectivity index (χ0v) is 9.60. The smallest absolute Gasteiger partial charge is 0.218 e. The van der Waals surface area contributed by atoms with Gasteiger partial charge in [0.25, 0.3) is 0 Å². The third-order valence-corrected chi connectivity index (χ3v) is 2.55. The zero-order chi connectivity index (χ0) is 11.6. The molecule has 1 aromatic heterocycles. The molecule has 0 atom stereocenters. The van der Waals surface area contributed by atoms with Crippen molar-refractivity contribution in [2.45, 2.75) is 38.3 Å². The average molecular weight is 223 g/mol. The van der Waals surface area contributed by atoms with Crippen molar-refractivity contribution in [3.63, 3.8) is 0 Å². The molecule has 2 N–H and O–H groups in total. The lowest BCUT2D eigenvalue weighted by molar-refractivity contribution is 0.232. The van der Waals surface area contributed by atoms with Crippen LogP contribution in [0.5, 0.6) is 5.88 Å². The predicted octanol–water partition coefficient (Wildman–Crippen LogP) is 1.20. The number of nitrogens with zero attached hydrogens (tertiary/aromatic N) is 2. The summed E-state index contributed by atoms with van der Waals surface area (Å²) in [5.74, 6) is 1.26. The highest BCUT2D eigenvalue weighted by Gasteiger charge is 2.42. The Balaban J connectivity index is 2.04. The summed E-state index contributed by atoms with van der Waals surface area (Å²) in [7, 11) is 0. The predicted molar refractivity (Wildman–Crippen MR) is 60.5 cm³/mol. The topological polar surface area (TPSA) is 67.3 Å².